The molecule has 0 spiro atoms. The maximum Gasteiger partial charge on any atom is 0.331 e. The van der Waals surface area contributed by atoms with E-state index in [1.54, 1.807) is 7.11 Å². The number of ether oxygens (including phenoxy) is 3. The zero-order valence-corrected chi connectivity index (χ0v) is 12.8. The lowest BCUT2D eigenvalue weighted by molar-refractivity contribution is -0.158. The molecule has 1 saturated carbocycles. The number of carbonyl (C=O) groups excluding carboxylic acids is 1. The van der Waals surface area contributed by atoms with E-state index in [9.17, 15) is 4.79 Å². The van der Waals surface area contributed by atoms with Crippen molar-refractivity contribution in [2.45, 2.75) is 38.3 Å². The number of hydrogen-bond donors (Lipinski definition) is 1. The third-order valence-electron chi connectivity index (χ3n) is 3.67. The Labute approximate surface area is 125 Å². The van der Waals surface area contributed by atoms with Gasteiger partial charge in [-0.25, -0.2) is 4.79 Å². The lowest BCUT2D eigenvalue weighted by Crippen LogP contribution is -2.60. The first-order valence-corrected chi connectivity index (χ1v) is 7.34. The molecule has 1 aromatic rings. The highest BCUT2D eigenvalue weighted by atomic mass is 16.5. The normalized spacial score (nSPS) is 24.0. The predicted molar refractivity (Wildman–Crippen MR) is 80.6 cm³/mol. The van der Waals surface area contributed by atoms with Crippen molar-refractivity contribution >= 4 is 11.7 Å². The van der Waals surface area contributed by atoms with Crippen LogP contribution >= 0.6 is 0 Å². The molecular formula is C16H23NO4. The Morgan fingerprint density at radius 1 is 1.33 bits per heavy atom. The van der Waals surface area contributed by atoms with Gasteiger partial charge >= 0.3 is 5.97 Å². The molecule has 5 nitrogen and oxygen atoms in total. The highest BCUT2D eigenvalue weighted by Crippen LogP contribution is 2.39. The van der Waals surface area contributed by atoms with Gasteiger partial charge in [-0.2, -0.15) is 0 Å². The molecule has 0 aliphatic heterocycles. The molecule has 21 heavy (non-hydrogen) atoms. The van der Waals surface area contributed by atoms with Gasteiger partial charge < -0.3 is 19.5 Å². The summed E-state index contributed by atoms with van der Waals surface area (Å²) in [7, 11) is 1.62. The highest BCUT2D eigenvalue weighted by molar-refractivity contribution is 5.86. The zero-order chi connectivity index (χ0) is 15.3. The molecule has 1 N–H and O–H groups in total. The summed E-state index contributed by atoms with van der Waals surface area (Å²) in [6, 6.07) is 7.54. The van der Waals surface area contributed by atoms with Crippen LogP contribution in [0.1, 0.15) is 26.7 Å². The Balaban J connectivity index is 2.11. The summed E-state index contributed by atoms with van der Waals surface area (Å²) < 4.78 is 16.0. The van der Waals surface area contributed by atoms with Crippen molar-refractivity contribution in [3.63, 3.8) is 0 Å². The molecule has 5 heteroatoms. The number of benzene rings is 1. The lowest BCUT2D eigenvalue weighted by atomic mass is 9.73. The smallest absolute Gasteiger partial charge is 0.331 e. The van der Waals surface area contributed by atoms with Gasteiger partial charge in [-0.15, -0.1) is 0 Å². The van der Waals surface area contributed by atoms with E-state index in [0.29, 0.717) is 26.1 Å². The summed E-state index contributed by atoms with van der Waals surface area (Å²) in [5, 5.41) is 3.31. The number of carbonyl (C=O) groups is 1. The third kappa shape index (κ3) is 3.47. The van der Waals surface area contributed by atoms with Crippen LogP contribution in [0, 0.1) is 0 Å². The predicted octanol–water partition coefficient (Wildman–Crippen LogP) is 2.61. The molecule has 0 radical (unpaired) electrons. The van der Waals surface area contributed by atoms with Gasteiger partial charge in [0.2, 0.25) is 0 Å². The molecule has 0 unspecified atom stereocenters. The van der Waals surface area contributed by atoms with Crippen LogP contribution in [0.25, 0.3) is 0 Å². The van der Waals surface area contributed by atoms with Crippen LogP contribution in [0.5, 0.6) is 5.75 Å². The minimum atomic E-state index is -0.692. The summed E-state index contributed by atoms with van der Waals surface area (Å²) in [6.07, 6.45) is 1.35. The van der Waals surface area contributed by atoms with Crippen molar-refractivity contribution in [3.8, 4) is 5.75 Å². The number of anilines is 1. The first kappa shape index (κ1) is 15.6. The fraction of sp³-hybridized carbons (Fsp3) is 0.562. The molecule has 0 atom stereocenters. The van der Waals surface area contributed by atoms with Gasteiger partial charge in [0, 0.05) is 31.2 Å². The molecule has 1 fully saturated rings. The minimum absolute atomic E-state index is 0.109. The van der Waals surface area contributed by atoms with E-state index in [4.69, 9.17) is 14.2 Å². The van der Waals surface area contributed by atoms with Crippen LogP contribution < -0.4 is 10.1 Å². The molecule has 0 amide bonds. The van der Waals surface area contributed by atoms with Crippen LogP contribution in [-0.2, 0) is 14.3 Å². The Hall–Kier alpha value is -1.75. The number of rotatable bonds is 7. The van der Waals surface area contributed by atoms with Gasteiger partial charge in [0.15, 0.2) is 0 Å². The molecule has 0 heterocycles. The van der Waals surface area contributed by atoms with Crippen molar-refractivity contribution in [2.75, 3.05) is 25.6 Å². The number of methoxy groups -OCH3 is 1. The van der Waals surface area contributed by atoms with E-state index in [1.165, 1.54) is 0 Å². The number of nitrogens with one attached hydrogen (secondary N) is 1. The third-order valence-corrected chi connectivity index (χ3v) is 3.67. The number of esters is 1. The fourth-order valence-electron chi connectivity index (χ4n) is 2.64. The molecule has 116 valence electrons. The van der Waals surface area contributed by atoms with Crippen LogP contribution in [-0.4, -0.2) is 37.9 Å². The molecule has 0 aromatic heterocycles. The van der Waals surface area contributed by atoms with E-state index in [2.05, 4.69) is 5.32 Å². The van der Waals surface area contributed by atoms with Gasteiger partial charge in [0.1, 0.15) is 11.3 Å². The van der Waals surface area contributed by atoms with Crippen LogP contribution in [0.2, 0.25) is 0 Å². The van der Waals surface area contributed by atoms with Gasteiger partial charge in [-0.3, -0.25) is 0 Å². The molecule has 1 aliphatic carbocycles. The molecular weight excluding hydrogens is 270 g/mol. The average molecular weight is 293 g/mol. The van der Waals surface area contributed by atoms with Crippen LogP contribution in [0.3, 0.4) is 0 Å². The second-order valence-electron chi connectivity index (χ2n) is 5.15. The number of hydrogen-bond acceptors (Lipinski definition) is 5. The minimum Gasteiger partial charge on any atom is -0.497 e. The van der Waals surface area contributed by atoms with E-state index in [1.807, 2.05) is 38.1 Å². The maximum atomic E-state index is 12.3. The lowest BCUT2D eigenvalue weighted by Gasteiger charge is -2.45. The largest absolute Gasteiger partial charge is 0.497 e. The van der Waals surface area contributed by atoms with Gasteiger partial charge in [0.05, 0.1) is 19.8 Å². The Kier molecular flexibility index (Phi) is 5.07. The topological polar surface area (TPSA) is 56.8 Å². The quantitative estimate of drug-likeness (QED) is 0.783. The van der Waals surface area contributed by atoms with E-state index in [0.717, 1.165) is 11.4 Å². The first-order valence-electron chi connectivity index (χ1n) is 7.34. The van der Waals surface area contributed by atoms with Crippen LogP contribution in [0.4, 0.5) is 5.69 Å². The molecule has 1 aliphatic rings. The van der Waals surface area contributed by atoms with Crippen LogP contribution in [0.15, 0.2) is 24.3 Å². The monoisotopic (exact) mass is 293 g/mol. The standard InChI is InChI=1S/C16H23NO4/c1-4-20-14-10-16(11-14,15(18)21-5-2)17-12-7-6-8-13(9-12)19-3/h6-9,14,17H,4-5,10-11H2,1-3H3. The van der Waals surface area contributed by atoms with E-state index >= 15 is 0 Å². The molecule has 0 bridgehead atoms. The molecule has 2 rings (SSSR count). The maximum absolute atomic E-state index is 12.3. The molecule has 1 aromatic carbocycles. The van der Waals surface area contributed by atoms with Crippen molar-refractivity contribution < 1.29 is 19.0 Å². The summed E-state index contributed by atoms with van der Waals surface area (Å²) in [6.45, 7) is 4.80. The fourth-order valence-corrected chi connectivity index (χ4v) is 2.64. The van der Waals surface area contributed by atoms with Crippen molar-refractivity contribution in [3.05, 3.63) is 24.3 Å². The van der Waals surface area contributed by atoms with Gasteiger partial charge in [0.25, 0.3) is 0 Å². The Morgan fingerprint density at radius 3 is 2.71 bits per heavy atom. The van der Waals surface area contributed by atoms with E-state index < -0.39 is 5.54 Å². The van der Waals surface area contributed by atoms with Gasteiger partial charge in [-0.05, 0) is 26.0 Å². The van der Waals surface area contributed by atoms with Gasteiger partial charge in [-0.1, -0.05) is 6.07 Å². The first-order chi connectivity index (χ1) is 10.1. The molecule has 0 saturated heterocycles. The van der Waals surface area contributed by atoms with Crippen molar-refractivity contribution in [1.82, 2.24) is 0 Å². The highest BCUT2D eigenvalue weighted by Gasteiger charge is 2.52. The second-order valence-corrected chi connectivity index (χ2v) is 5.15. The second kappa shape index (κ2) is 6.80. The van der Waals surface area contributed by atoms with E-state index in [-0.39, 0.29) is 12.1 Å². The van der Waals surface area contributed by atoms with Crippen molar-refractivity contribution in [2.24, 2.45) is 0 Å². The zero-order valence-electron chi connectivity index (χ0n) is 12.8. The summed E-state index contributed by atoms with van der Waals surface area (Å²) in [4.78, 5) is 12.3. The summed E-state index contributed by atoms with van der Waals surface area (Å²) >= 11 is 0. The summed E-state index contributed by atoms with van der Waals surface area (Å²) in [5.41, 5.74) is 0.153. The van der Waals surface area contributed by atoms with Crippen molar-refractivity contribution in [1.29, 1.82) is 0 Å². The SMILES string of the molecule is CCOC(=O)C1(Nc2cccc(OC)c2)CC(OCC)C1. The summed E-state index contributed by atoms with van der Waals surface area (Å²) in [5.74, 6) is 0.531. The Morgan fingerprint density at radius 2 is 2.10 bits per heavy atom. The Bertz CT molecular complexity index is 483. The average Bonchev–Trinajstić information content (AvgIpc) is 2.45.